The molecular weight excluding hydrogens is 370 g/mol. The van der Waals surface area contributed by atoms with Gasteiger partial charge in [-0.15, -0.1) is 0 Å². The minimum Gasteiger partial charge on any atom is -0.496 e. The summed E-state index contributed by atoms with van der Waals surface area (Å²) in [6.07, 6.45) is 0.441. The van der Waals surface area contributed by atoms with Crippen LogP contribution in [-0.4, -0.2) is 33.9 Å². The van der Waals surface area contributed by atoms with E-state index in [1.165, 1.54) is 19.2 Å². The van der Waals surface area contributed by atoms with Gasteiger partial charge in [0.15, 0.2) is 0 Å². The van der Waals surface area contributed by atoms with Crippen molar-refractivity contribution in [3.05, 3.63) is 59.7 Å². The van der Waals surface area contributed by atoms with Gasteiger partial charge in [-0.05, 0) is 30.2 Å². The number of hydrogen-bond acceptors (Lipinski definition) is 5. The van der Waals surface area contributed by atoms with Gasteiger partial charge in [-0.2, -0.15) is 0 Å². The quantitative estimate of drug-likeness (QED) is 0.586. The number of hydrogen-bond donors (Lipinski definition) is 3. The van der Waals surface area contributed by atoms with Crippen molar-refractivity contribution in [1.82, 2.24) is 10.6 Å². The number of benzene rings is 2. The van der Waals surface area contributed by atoms with E-state index in [2.05, 4.69) is 10.6 Å². The molecule has 8 nitrogen and oxygen atoms in total. The molecule has 0 aliphatic carbocycles. The highest BCUT2D eigenvalue weighted by molar-refractivity contribution is 7.89. The van der Waals surface area contributed by atoms with E-state index in [4.69, 9.17) is 9.88 Å². The lowest BCUT2D eigenvalue weighted by Crippen LogP contribution is -2.40. The molecule has 0 saturated carbocycles. The van der Waals surface area contributed by atoms with Gasteiger partial charge in [-0.3, -0.25) is 9.59 Å². The average molecular weight is 391 g/mol. The first-order chi connectivity index (χ1) is 12.8. The van der Waals surface area contributed by atoms with Crippen molar-refractivity contribution in [2.45, 2.75) is 17.9 Å². The third-order valence-electron chi connectivity index (χ3n) is 3.79. The molecule has 0 bridgehead atoms. The molecule has 2 rings (SSSR count). The highest BCUT2D eigenvalue weighted by atomic mass is 32.2. The van der Waals surface area contributed by atoms with Crippen LogP contribution < -0.4 is 20.5 Å². The SMILES string of the molecule is COc1ccccc1CNC(=O)C(=O)NCCc1ccc(S(N)(=O)=O)cc1. The molecule has 0 atom stereocenters. The van der Waals surface area contributed by atoms with Gasteiger partial charge in [0.1, 0.15) is 5.75 Å². The third-order valence-corrected chi connectivity index (χ3v) is 4.72. The average Bonchev–Trinajstić information content (AvgIpc) is 2.65. The minimum absolute atomic E-state index is 0.0194. The van der Waals surface area contributed by atoms with Crippen LogP contribution in [0.1, 0.15) is 11.1 Å². The molecule has 0 aliphatic rings. The Bertz CT molecular complexity index is 911. The van der Waals surface area contributed by atoms with E-state index in [1.54, 1.807) is 24.3 Å². The first kappa shape index (κ1) is 20.4. The summed E-state index contributed by atoms with van der Waals surface area (Å²) in [5, 5.41) is 10.1. The van der Waals surface area contributed by atoms with Gasteiger partial charge >= 0.3 is 11.8 Å². The number of carbonyl (C=O) groups excluding carboxylic acids is 2. The van der Waals surface area contributed by atoms with Crippen molar-refractivity contribution in [2.75, 3.05) is 13.7 Å². The highest BCUT2D eigenvalue weighted by Gasteiger charge is 2.13. The van der Waals surface area contributed by atoms with E-state index in [0.29, 0.717) is 12.2 Å². The van der Waals surface area contributed by atoms with Crippen LogP contribution in [0, 0.1) is 0 Å². The Balaban J connectivity index is 1.79. The Labute approximate surface area is 157 Å². The normalized spacial score (nSPS) is 10.9. The maximum Gasteiger partial charge on any atom is 0.309 e. The number of sulfonamides is 1. The zero-order valence-electron chi connectivity index (χ0n) is 14.8. The highest BCUT2D eigenvalue weighted by Crippen LogP contribution is 2.16. The van der Waals surface area contributed by atoms with Crippen LogP contribution in [0.2, 0.25) is 0 Å². The van der Waals surface area contributed by atoms with Crippen molar-refractivity contribution in [3.8, 4) is 5.75 Å². The molecule has 4 N–H and O–H groups in total. The molecule has 27 heavy (non-hydrogen) atoms. The molecule has 0 aromatic heterocycles. The molecule has 0 heterocycles. The van der Waals surface area contributed by atoms with E-state index >= 15 is 0 Å². The molecule has 0 radical (unpaired) electrons. The molecule has 0 spiro atoms. The first-order valence-electron chi connectivity index (χ1n) is 8.11. The van der Waals surface area contributed by atoms with Crippen molar-refractivity contribution >= 4 is 21.8 Å². The molecule has 2 amide bonds. The van der Waals surface area contributed by atoms with Crippen LogP contribution in [0.3, 0.4) is 0 Å². The maximum atomic E-state index is 11.9. The number of para-hydroxylation sites is 1. The Morgan fingerprint density at radius 3 is 2.26 bits per heavy atom. The Hall–Kier alpha value is -2.91. The van der Waals surface area contributed by atoms with Crippen LogP contribution >= 0.6 is 0 Å². The summed E-state index contributed by atoms with van der Waals surface area (Å²) in [5.41, 5.74) is 1.56. The predicted molar refractivity (Wildman–Crippen MR) is 99.4 cm³/mol. The molecule has 0 aliphatic heterocycles. The Morgan fingerprint density at radius 1 is 1.00 bits per heavy atom. The zero-order chi connectivity index (χ0) is 19.9. The second-order valence-corrected chi connectivity index (χ2v) is 7.25. The molecular formula is C18H21N3O5S. The number of primary sulfonamides is 1. The molecule has 2 aromatic carbocycles. The summed E-state index contributed by atoms with van der Waals surface area (Å²) in [4.78, 5) is 23.7. The number of nitrogens with one attached hydrogen (secondary N) is 2. The number of carbonyl (C=O) groups is 2. The molecule has 0 unspecified atom stereocenters. The predicted octanol–water partition coefficient (Wildman–Crippen LogP) is 0.318. The molecule has 0 fully saturated rings. The molecule has 9 heteroatoms. The molecule has 0 saturated heterocycles. The fourth-order valence-electron chi connectivity index (χ4n) is 2.35. The largest absolute Gasteiger partial charge is 0.496 e. The van der Waals surface area contributed by atoms with E-state index in [0.717, 1.165) is 11.1 Å². The van der Waals surface area contributed by atoms with Crippen LogP contribution in [-0.2, 0) is 32.6 Å². The number of amides is 2. The summed E-state index contributed by atoms with van der Waals surface area (Å²) in [5.74, 6) is -0.863. The van der Waals surface area contributed by atoms with Crippen LogP contribution in [0.25, 0.3) is 0 Å². The van der Waals surface area contributed by atoms with Gasteiger partial charge in [0.25, 0.3) is 0 Å². The lowest BCUT2D eigenvalue weighted by atomic mass is 10.1. The number of nitrogens with two attached hydrogens (primary N) is 1. The number of ether oxygens (including phenoxy) is 1. The van der Waals surface area contributed by atoms with E-state index in [1.807, 2.05) is 12.1 Å². The second kappa shape index (κ2) is 9.15. The van der Waals surface area contributed by atoms with E-state index in [-0.39, 0.29) is 18.0 Å². The monoisotopic (exact) mass is 391 g/mol. The standard InChI is InChI=1S/C18H21N3O5S/c1-26-16-5-3-2-4-14(16)12-21-18(23)17(22)20-11-10-13-6-8-15(9-7-13)27(19,24)25/h2-9H,10-12H2,1H3,(H,20,22)(H,21,23)(H2,19,24,25). The fourth-order valence-corrected chi connectivity index (χ4v) is 2.87. The fraction of sp³-hybridized carbons (Fsp3) is 0.222. The van der Waals surface area contributed by atoms with Gasteiger partial charge in [0, 0.05) is 18.7 Å². The van der Waals surface area contributed by atoms with Gasteiger partial charge in [-0.1, -0.05) is 30.3 Å². The molecule has 144 valence electrons. The van der Waals surface area contributed by atoms with E-state index < -0.39 is 21.8 Å². The first-order valence-corrected chi connectivity index (χ1v) is 9.65. The smallest absolute Gasteiger partial charge is 0.309 e. The summed E-state index contributed by atoms with van der Waals surface area (Å²) in [6, 6.07) is 13.2. The summed E-state index contributed by atoms with van der Waals surface area (Å²) < 4.78 is 27.6. The Morgan fingerprint density at radius 2 is 1.63 bits per heavy atom. The second-order valence-electron chi connectivity index (χ2n) is 5.69. The van der Waals surface area contributed by atoms with Crippen LogP contribution in [0.15, 0.2) is 53.4 Å². The van der Waals surface area contributed by atoms with Crippen molar-refractivity contribution in [3.63, 3.8) is 0 Å². The topological polar surface area (TPSA) is 128 Å². The zero-order valence-corrected chi connectivity index (χ0v) is 15.6. The summed E-state index contributed by atoms with van der Waals surface area (Å²) >= 11 is 0. The van der Waals surface area contributed by atoms with Gasteiger partial charge in [-0.25, -0.2) is 13.6 Å². The molecule has 2 aromatic rings. The van der Waals surface area contributed by atoms with E-state index in [9.17, 15) is 18.0 Å². The minimum atomic E-state index is -3.73. The summed E-state index contributed by atoms with van der Waals surface area (Å²) in [6.45, 7) is 0.404. The van der Waals surface area contributed by atoms with Gasteiger partial charge in [0.05, 0.1) is 12.0 Å². The number of rotatable bonds is 7. The lowest BCUT2D eigenvalue weighted by Gasteiger charge is -2.10. The number of methoxy groups -OCH3 is 1. The van der Waals surface area contributed by atoms with Crippen LogP contribution in [0.5, 0.6) is 5.75 Å². The lowest BCUT2D eigenvalue weighted by molar-refractivity contribution is -0.139. The van der Waals surface area contributed by atoms with Crippen molar-refractivity contribution in [2.24, 2.45) is 5.14 Å². The van der Waals surface area contributed by atoms with Gasteiger partial charge in [0.2, 0.25) is 10.0 Å². The van der Waals surface area contributed by atoms with Crippen molar-refractivity contribution < 1.29 is 22.7 Å². The third kappa shape index (κ3) is 6.08. The Kier molecular flexibility index (Phi) is 6.91. The van der Waals surface area contributed by atoms with Crippen LogP contribution in [0.4, 0.5) is 0 Å². The maximum absolute atomic E-state index is 11.9. The summed E-state index contributed by atoms with van der Waals surface area (Å²) in [7, 11) is -2.20. The van der Waals surface area contributed by atoms with Crippen molar-refractivity contribution in [1.29, 1.82) is 0 Å². The van der Waals surface area contributed by atoms with Gasteiger partial charge < -0.3 is 15.4 Å².